The molecular formula is C19H22N2O2. The van der Waals surface area contributed by atoms with E-state index in [2.05, 4.69) is 17.1 Å². The second kappa shape index (κ2) is 7.38. The van der Waals surface area contributed by atoms with E-state index < -0.39 is 0 Å². The summed E-state index contributed by atoms with van der Waals surface area (Å²) in [6, 6.07) is 13.8. The molecule has 0 radical (unpaired) electrons. The van der Waals surface area contributed by atoms with Crippen molar-refractivity contribution in [3.8, 4) is 0 Å². The molecule has 4 nitrogen and oxygen atoms in total. The summed E-state index contributed by atoms with van der Waals surface area (Å²) in [5, 5.41) is 9.72. The first kappa shape index (κ1) is 15.7. The number of benzene rings is 1. The van der Waals surface area contributed by atoms with Crippen molar-refractivity contribution in [1.82, 2.24) is 9.88 Å². The molecule has 1 aromatic carbocycles. The third-order valence-corrected chi connectivity index (χ3v) is 4.28. The van der Waals surface area contributed by atoms with Crippen LogP contribution in [0.3, 0.4) is 0 Å². The molecule has 3 rings (SSSR count). The summed E-state index contributed by atoms with van der Waals surface area (Å²) in [7, 11) is 0. The molecular weight excluding hydrogens is 288 g/mol. The maximum absolute atomic E-state index is 12.7. The lowest BCUT2D eigenvalue weighted by Crippen LogP contribution is -2.32. The number of aromatic nitrogens is 1. The van der Waals surface area contributed by atoms with E-state index in [0.29, 0.717) is 25.1 Å². The van der Waals surface area contributed by atoms with Crippen LogP contribution in [0.25, 0.3) is 0 Å². The molecule has 1 fully saturated rings. The van der Waals surface area contributed by atoms with Crippen molar-refractivity contribution in [3.05, 3.63) is 65.5 Å². The molecule has 1 N–H and O–H groups in total. The maximum atomic E-state index is 12.7. The van der Waals surface area contributed by atoms with Gasteiger partial charge in [0.25, 0.3) is 5.91 Å². The maximum Gasteiger partial charge on any atom is 0.253 e. The van der Waals surface area contributed by atoms with Crippen LogP contribution in [0.1, 0.15) is 40.9 Å². The van der Waals surface area contributed by atoms with Gasteiger partial charge in [0.2, 0.25) is 0 Å². The molecule has 2 aromatic rings. The van der Waals surface area contributed by atoms with Crippen molar-refractivity contribution in [3.63, 3.8) is 0 Å². The molecule has 1 atom stereocenters. The van der Waals surface area contributed by atoms with Gasteiger partial charge in [-0.15, -0.1) is 0 Å². The fourth-order valence-corrected chi connectivity index (χ4v) is 2.98. The van der Waals surface area contributed by atoms with Crippen molar-refractivity contribution >= 4 is 5.91 Å². The number of hydrogen-bond donors (Lipinski definition) is 1. The van der Waals surface area contributed by atoms with Crippen molar-refractivity contribution in [2.24, 2.45) is 0 Å². The van der Waals surface area contributed by atoms with Crippen molar-refractivity contribution in [2.75, 3.05) is 13.1 Å². The summed E-state index contributed by atoms with van der Waals surface area (Å²) >= 11 is 0. The number of carbonyl (C=O) groups excluding carboxylic acids is 1. The number of pyridine rings is 1. The molecule has 0 saturated carbocycles. The topological polar surface area (TPSA) is 53.4 Å². The van der Waals surface area contributed by atoms with Crippen LogP contribution in [0.5, 0.6) is 0 Å². The molecule has 1 unspecified atom stereocenters. The number of hydrogen-bond acceptors (Lipinski definition) is 3. The van der Waals surface area contributed by atoms with Gasteiger partial charge in [-0.05, 0) is 37.0 Å². The Bertz CT molecular complexity index is 657. The molecule has 0 aliphatic carbocycles. The highest BCUT2D eigenvalue weighted by molar-refractivity contribution is 5.94. The Hall–Kier alpha value is -2.20. The highest BCUT2D eigenvalue weighted by Crippen LogP contribution is 2.15. The van der Waals surface area contributed by atoms with Crippen LogP contribution in [0.2, 0.25) is 0 Å². The number of amides is 1. The first-order valence-electron chi connectivity index (χ1n) is 8.18. The Morgan fingerprint density at radius 1 is 1.17 bits per heavy atom. The monoisotopic (exact) mass is 310 g/mol. The van der Waals surface area contributed by atoms with Gasteiger partial charge in [0.15, 0.2) is 0 Å². The Balaban J connectivity index is 1.72. The number of aliphatic hydroxyl groups is 1. The van der Waals surface area contributed by atoms with Gasteiger partial charge in [-0.2, -0.15) is 0 Å². The molecule has 0 bridgehead atoms. The summed E-state index contributed by atoms with van der Waals surface area (Å²) < 4.78 is 0. The van der Waals surface area contributed by atoms with Gasteiger partial charge in [0, 0.05) is 37.0 Å². The van der Waals surface area contributed by atoms with Gasteiger partial charge in [-0.1, -0.05) is 30.3 Å². The number of likely N-dealkylation sites (tertiary alicyclic amines) is 1. The van der Waals surface area contributed by atoms with Crippen LogP contribution in [0, 0.1) is 0 Å². The van der Waals surface area contributed by atoms with Crippen LogP contribution in [0.15, 0.2) is 48.7 Å². The first-order chi connectivity index (χ1) is 11.2. The highest BCUT2D eigenvalue weighted by atomic mass is 16.3. The van der Waals surface area contributed by atoms with E-state index >= 15 is 0 Å². The standard InChI is InChI=1S/C19H22N2O2/c22-18-7-4-11-21(12-9-18)19(23)16-8-10-20-17(14-16)13-15-5-2-1-3-6-15/h1-3,5-6,8,10,14,18,22H,4,7,9,11-13H2. The molecule has 0 spiro atoms. The predicted molar refractivity (Wildman–Crippen MR) is 89.2 cm³/mol. The SMILES string of the molecule is O=C(c1ccnc(Cc2ccccc2)c1)N1CCCC(O)CC1. The zero-order valence-electron chi connectivity index (χ0n) is 13.2. The first-order valence-corrected chi connectivity index (χ1v) is 8.18. The van der Waals surface area contributed by atoms with Gasteiger partial charge in [0.1, 0.15) is 0 Å². The largest absolute Gasteiger partial charge is 0.393 e. The van der Waals surface area contributed by atoms with Gasteiger partial charge in [-0.25, -0.2) is 0 Å². The van der Waals surface area contributed by atoms with E-state index in [1.54, 1.807) is 12.3 Å². The average molecular weight is 310 g/mol. The Labute approximate surface area is 136 Å². The number of carbonyl (C=O) groups is 1. The normalized spacial score (nSPS) is 18.5. The molecule has 23 heavy (non-hydrogen) atoms. The lowest BCUT2D eigenvalue weighted by molar-refractivity contribution is 0.0753. The average Bonchev–Trinajstić information content (AvgIpc) is 2.80. The molecule has 4 heteroatoms. The molecule has 1 amide bonds. The third kappa shape index (κ3) is 4.17. The van der Waals surface area contributed by atoms with Crippen molar-refractivity contribution < 1.29 is 9.90 Å². The van der Waals surface area contributed by atoms with Gasteiger partial charge in [0.05, 0.1) is 6.10 Å². The minimum Gasteiger partial charge on any atom is -0.393 e. The quantitative estimate of drug-likeness (QED) is 0.948. The lowest BCUT2D eigenvalue weighted by atomic mass is 10.1. The molecule has 120 valence electrons. The Morgan fingerprint density at radius 2 is 2.00 bits per heavy atom. The molecule has 1 aromatic heterocycles. The van der Waals surface area contributed by atoms with E-state index in [4.69, 9.17) is 0 Å². The summed E-state index contributed by atoms with van der Waals surface area (Å²) in [5.41, 5.74) is 2.77. The zero-order chi connectivity index (χ0) is 16.1. The van der Waals surface area contributed by atoms with Gasteiger partial charge < -0.3 is 10.0 Å². The summed E-state index contributed by atoms with van der Waals surface area (Å²) in [5.74, 6) is 0.0378. The Morgan fingerprint density at radius 3 is 2.83 bits per heavy atom. The summed E-state index contributed by atoms with van der Waals surface area (Å²) in [6.07, 6.45) is 4.44. The third-order valence-electron chi connectivity index (χ3n) is 4.28. The second-order valence-electron chi connectivity index (χ2n) is 6.08. The van der Waals surface area contributed by atoms with E-state index in [1.807, 2.05) is 29.2 Å². The van der Waals surface area contributed by atoms with Crippen LogP contribution in [-0.4, -0.2) is 40.1 Å². The summed E-state index contributed by atoms with van der Waals surface area (Å²) in [6.45, 7) is 1.34. The number of nitrogens with zero attached hydrogens (tertiary/aromatic N) is 2. The fourth-order valence-electron chi connectivity index (χ4n) is 2.98. The second-order valence-corrected chi connectivity index (χ2v) is 6.08. The summed E-state index contributed by atoms with van der Waals surface area (Å²) in [4.78, 5) is 18.9. The highest BCUT2D eigenvalue weighted by Gasteiger charge is 2.20. The molecule has 1 saturated heterocycles. The minimum absolute atomic E-state index is 0.0378. The molecule has 1 aliphatic heterocycles. The van der Waals surface area contributed by atoms with E-state index in [0.717, 1.165) is 25.0 Å². The van der Waals surface area contributed by atoms with Crippen LogP contribution < -0.4 is 0 Å². The molecule has 2 heterocycles. The number of rotatable bonds is 3. The smallest absolute Gasteiger partial charge is 0.253 e. The van der Waals surface area contributed by atoms with Gasteiger partial charge >= 0.3 is 0 Å². The van der Waals surface area contributed by atoms with Crippen LogP contribution in [0.4, 0.5) is 0 Å². The lowest BCUT2D eigenvalue weighted by Gasteiger charge is -2.20. The van der Waals surface area contributed by atoms with Crippen LogP contribution >= 0.6 is 0 Å². The van der Waals surface area contributed by atoms with E-state index in [9.17, 15) is 9.90 Å². The van der Waals surface area contributed by atoms with E-state index in [-0.39, 0.29) is 12.0 Å². The molecule has 1 aliphatic rings. The van der Waals surface area contributed by atoms with E-state index in [1.165, 1.54) is 5.56 Å². The predicted octanol–water partition coefficient (Wildman–Crippen LogP) is 2.66. The van der Waals surface area contributed by atoms with Crippen molar-refractivity contribution in [1.29, 1.82) is 0 Å². The number of aliphatic hydroxyl groups excluding tert-OH is 1. The Kier molecular flexibility index (Phi) is 5.03. The van der Waals surface area contributed by atoms with Gasteiger partial charge in [-0.3, -0.25) is 9.78 Å². The minimum atomic E-state index is -0.279. The van der Waals surface area contributed by atoms with Crippen molar-refractivity contribution in [2.45, 2.75) is 31.8 Å². The zero-order valence-corrected chi connectivity index (χ0v) is 13.2. The fraction of sp³-hybridized carbons (Fsp3) is 0.368. The van der Waals surface area contributed by atoms with Crippen LogP contribution in [-0.2, 0) is 6.42 Å².